The number of amides is 5. The highest BCUT2D eigenvalue weighted by Crippen LogP contribution is 2.37. The third-order valence-electron chi connectivity index (χ3n) is 7.28. The Hall–Kier alpha value is -4.34. The fourth-order valence-electron chi connectivity index (χ4n) is 5.10. The Morgan fingerprint density at radius 1 is 0.947 bits per heavy atom. The lowest BCUT2D eigenvalue weighted by molar-refractivity contribution is -0.139. The van der Waals surface area contributed by atoms with Crippen LogP contribution in [0, 0.1) is 0 Å². The number of hydrogen-bond acceptors (Lipinski definition) is 5. The van der Waals surface area contributed by atoms with Crippen LogP contribution in [0.3, 0.4) is 0 Å². The van der Waals surface area contributed by atoms with Gasteiger partial charge < -0.3 is 24.8 Å². The van der Waals surface area contributed by atoms with Crippen molar-refractivity contribution in [2.75, 3.05) is 46.3 Å². The number of nitrogens with one attached hydrogen (secondary N) is 1. The second kappa shape index (κ2) is 10.6. The molecule has 5 amide bonds. The lowest BCUT2D eigenvalue weighted by Crippen LogP contribution is -2.50. The Bertz CT molecular complexity index is 1290. The summed E-state index contributed by atoms with van der Waals surface area (Å²) in [4.78, 5) is 57.3. The van der Waals surface area contributed by atoms with Crippen LogP contribution in [-0.2, 0) is 14.4 Å². The molecule has 0 radical (unpaired) electrons. The molecular formula is C28H31N5O5. The summed E-state index contributed by atoms with van der Waals surface area (Å²) < 4.78 is 5.96. The molecule has 38 heavy (non-hydrogen) atoms. The highest BCUT2D eigenvalue weighted by Gasteiger charge is 2.43. The number of carbonyl (C=O) groups is 4. The maximum absolute atomic E-state index is 13.5. The van der Waals surface area contributed by atoms with E-state index in [1.807, 2.05) is 54.6 Å². The van der Waals surface area contributed by atoms with Gasteiger partial charge in [0, 0.05) is 53.1 Å². The Morgan fingerprint density at radius 2 is 1.63 bits per heavy atom. The molecule has 1 unspecified atom stereocenters. The molecule has 1 atom stereocenters. The molecule has 2 aromatic rings. The van der Waals surface area contributed by atoms with Crippen LogP contribution in [0.4, 0.5) is 4.79 Å². The van der Waals surface area contributed by atoms with E-state index in [2.05, 4.69) is 5.32 Å². The number of piperazine rings is 1. The number of hydrogen-bond donors (Lipinski definition) is 1. The van der Waals surface area contributed by atoms with Crippen LogP contribution >= 0.6 is 0 Å². The third-order valence-corrected chi connectivity index (χ3v) is 7.28. The van der Waals surface area contributed by atoms with Gasteiger partial charge in [0.15, 0.2) is 0 Å². The van der Waals surface area contributed by atoms with E-state index < -0.39 is 6.04 Å². The smallest absolute Gasteiger partial charge is 0.322 e. The monoisotopic (exact) mass is 517 g/mol. The predicted octanol–water partition coefficient (Wildman–Crippen LogP) is 2.35. The zero-order chi connectivity index (χ0) is 26.8. The number of likely N-dealkylation sites (N-methyl/N-ethyl adjacent to an activating group) is 1. The second-order valence-electron chi connectivity index (χ2n) is 9.65. The first-order chi connectivity index (χ1) is 18.3. The van der Waals surface area contributed by atoms with Crippen LogP contribution in [0.5, 0.6) is 11.5 Å². The van der Waals surface area contributed by atoms with Crippen LogP contribution in [-0.4, -0.2) is 89.7 Å². The zero-order valence-corrected chi connectivity index (χ0v) is 21.6. The fourth-order valence-corrected chi connectivity index (χ4v) is 5.10. The van der Waals surface area contributed by atoms with E-state index in [0.29, 0.717) is 48.9 Å². The number of rotatable bonds is 6. The highest BCUT2D eigenvalue weighted by atomic mass is 16.5. The van der Waals surface area contributed by atoms with Crippen molar-refractivity contribution < 1.29 is 23.9 Å². The second-order valence-corrected chi connectivity index (χ2v) is 9.65. The minimum absolute atomic E-state index is 0.00964. The maximum atomic E-state index is 13.5. The summed E-state index contributed by atoms with van der Waals surface area (Å²) in [6, 6.07) is 15.8. The predicted molar refractivity (Wildman–Crippen MR) is 139 cm³/mol. The van der Waals surface area contributed by atoms with Crippen LogP contribution in [0.25, 0.3) is 0 Å². The van der Waals surface area contributed by atoms with E-state index in [1.165, 1.54) is 11.8 Å². The highest BCUT2D eigenvalue weighted by molar-refractivity contribution is 6.01. The maximum Gasteiger partial charge on any atom is 0.322 e. The van der Waals surface area contributed by atoms with Crippen molar-refractivity contribution in [2.45, 2.75) is 19.4 Å². The molecular weight excluding hydrogens is 486 g/mol. The van der Waals surface area contributed by atoms with Gasteiger partial charge in [0.2, 0.25) is 11.8 Å². The molecule has 0 saturated carbocycles. The summed E-state index contributed by atoms with van der Waals surface area (Å²) >= 11 is 0. The molecule has 3 aliphatic rings. The first-order valence-electron chi connectivity index (χ1n) is 12.7. The topological polar surface area (TPSA) is 103 Å². The van der Waals surface area contributed by atoms with Crippen molar-refractivity contribution in [3.63, 3.8) is 0 Å². The molecule has 10 heteroatoms. The summed E-state index contributed by atoms with van der Waals surface area (Å²) in [7, 11) is 1.65. The Morgan fingerprint density at radius 3 is 2.34 bits per heavy atom. The van der Waals surface area contributed by atoms with Gasteiger partial charge in [-0.2, -0.15) is 0 Å². The van der Waals surface area contributed by atoms with E-state index in [4.69, 9.17) is 4.74 Å². The molecule has 1 saturated heterocycles. The van der Waals surface area contributed by atoms with E-state index in [9.17, 15) is 19.2 Å². The number of ether oxygens (including phenoxy) is 1. The van der Waals surface area contributed by atoms with Gasteiger partial charge in [-0.15, -0.1) is 0 Å². The molecule has 198 valence electrons. The first kappa shape index (κ1) is 25.3. The summed E-state index contributed by atoms with van der Waals surface area (Å²) in [5, 5.41) is 2.94. The Kier molecular flexibility index (Phi) is 7.04. The van der Waals surface area contributed by atoms with Gasteiger partial charge in [0.25, 0.3) is 5.91 Å². The van der Waals surface area contributed by atoms with Crippen LogP contribution in [0.1, 0.15) is 24.9 Å². The lowest BCUT2D eigenvalue weighted by Gasteiger charge is -2.34. The molecule has 10 nitrogen and oxygen atoms in total. The molecule has 0 bridgehead atoms. The van der Waals surface area contributed by atoms with Gasteiger partial charge in [-0.3, -0.25) is 19.3 Å². The van der Waals surface area contributed by atoms with Gasteiger partial charge >= 0.3 is 6.03 Å². The van der Waals surface area contributed by atoms with Crippen molar-refractivity contribution >= 4 is 23.8 Å². The number of carbonyl (C=O) groups excluding carboxylic acids is 4. The SMILES string of the molecule is CC(=O)N1CCN(C(=O)CCN2CC3=C(C2=O)C(c2cccc(Oc4ccccc4)c2)NC(=O)N3C)CC1. The van der Waals surface area contributed by atoms with Crippen molar-refractivity contribution in [3.8, 4) is 11.5 Å². The first-order valence-corrected chi connectivity index (χ1v) is 12.7. The number of para-hydroxylation sites is 1. The molecule has 0 aliphatic carbocycles. The number of nitrogens with zero attached hydrogens (tertiary/aromatic N) is 4. The normalized spacial score (nSPS) is 19.5. The molecule has 0 aromatic heterocycles. The van der Waals surface area contributed by atoms with Crippen LogP contribution in [0.2, 0.25) is 0 Å². The molecule has 0 spiro atoms. The van der Waals surface area contributed by atoms with Crippen LogP contribution < -0.4 is 10.1 Å². The summed E-state index contributed by atoms with van der Waals surface area (Å²) in [6.07, 6.45) is 0.183. The standard InChI is InChI=1S/C28H31N5O5/c1-19(34)31-13-15-32(16-14-31)24(35)11-12-33-18-23-25(27(33)36)26(29-28(37)30(23)2)20-7-6-10-22(17-20)38-21-8-4-3-5-9-21/h3-10,17,26H,11-16,18H2,1-2H3,(H,29,37). The van der Waals surface area contributed by atoms with Crippen LogP contribution in [0.15, 0.2) is 65.9 Å². The zero-order valence-electron chi connectivity index (χ0n) is 21.6. The van der Waals surface area contributed by atoms with Crippen molar-refractivity contribution in [3.05, 3.63) is 71.4 Å². The van der Waals surface area contributed by atoms with E-state index >= 15 is 0 Å². The number of benzene rings is 2. The minimum atomic E-state index is -0.624. The van der Waals surface area contributed by atoms with Gasteiger partial charge in [-0.1, -0.05) is 30.3 Å². The molecule has 1 fully saturated rings. The molecule has 1 N–H and O–H groups in total. The van der Waals surface area contributed by atoms with Crippen molar-refractivity contribution in [2.24, 2.45) is 0 Å². The van der Waals surface area contributed by atoms with E-state index in [1.54, 1.807) is 21.7 Å². The van der Waals surface area contributed by atoms with Gasteiger partial charge in [-0.25, -0.2) is 4.79 Å². The largest absolute Gasteiger partial charge is 0.457 e. The molecule has 3 aliphatic heterocycles. The van der Waals surface area contributed by atoms with Gasteiger partial charge in [0.1, 0.15) is 11.5 Å². The average Bonchev–Trinajstić information content (AvgIpc) is 3.26. The van der Waals surface area contributed by atoms with E-state index in [0.717, 1.165) is 5.56 Å². The van der Waals surface area contributed by atoms with E-state index in [-0.39, 0.29) is 43.3 Å². The quantitative estimate of drug-likeness (QED) is 0.634. The fraction of sp³-hybridized carbons (Fsp3) is 0.357. The van der Waals surface area contributed by atoms with Crippen molar-refractivity contribution in [1.29, 1.82) is 0 Å². The Labute approximate surface area is 221 Å². The number of urea groups is 1. The molecule has 3 heterocycles. The van der Waals surface area contributed by atoms with Gasteiger partial charge in [0.05, 0.1) is 23.9 Å². The summed E-state index contributed by atoms with van der Waals surface area (Å²) in [5.41, 5.74) is 1.88. The van der Waals surface area contributed by atoms with Crippen molar-refractivity contribution in [1.82, 2.24) is 24.9 Å². The van der Waals surface area contributed by atoms with Gasteiger partial charge in [-0.05, 0) is 29.8 Å². The molecule has 2 aromatic carbocycles. The summed E-state index contributed by atoms with van der Waals surface area (Å²) in [5.74, 6) is 1.06. The third kappa shape index (κ3) is 5.06. The average molecular weight is 518 g/mol. The minimum Gasteiger partial charge on any atom is -0.457 e. The Balaban J connectivity index is 1.28. The lowest BCUT2D eigenvalue weighted by atomic mass is 9.95. The summed E-state index contributed by atoms with van der Waals surface area (Å²) in [6.45, 7) is 4.07. The molecule has 5 rings (SSSR count).